The molecule has 0 bridgehead atoms. The molecule has 3 saturated heterocycles. The standard InChI is InChI=1S/C15H24N4O3/c1-15(13(21)18(3)14(22)16-15)10-5-4-7-19(9-10)11-6-8-17(2)12(11)20/h10-11H,4-9H2,1-3H3,(H,16,22)/t10-,11+,15-/m1/s1. The summed E-state index contributed by atoms with van der Waals surface area (Å²) in [5, 5.41) is 2.85. The number of nitrogens with one attached hydrogen (secondary N) is 1. The summed E-state index contributed by atoms with van der Waals surface area (Å²) >= 11 is 0. The van der Waals surface area contributed by atoms with Gasteiger partial charge in [0.25, 0.3) is 5.91 Å². The summed E-state index contributed by atoms with van der Waals surface area (Å²) in [6.07, 6.45) is 2.68. The zero-order chi connectivity index (χ0) is 16.1. The van der Waals surface area contributed by atoms with Gasteiger partial charge in [-0.25, -0.2) is 4.79 Å². The molecular weight excluding hydrogens is 284 g/mol. The van der Waals surface area contributed by atoms with E-state index in [1.165, 1.54) is 7.05 Å². The minimum Gasteiger partial charge on any atom is -0.344 e. The Bertz CT molecular complexity index is 523. The highest BCUT2D eigenvalue weighted by Gasteiger charge is 2.52. The monoisotopic (exact) mass is 308 g/mol. The van der Waals surface area contributed by atoms with Crippen molar-refractivity contribution in [3.63, 3.8) is 0 Å². The fourth-order valence-corrected chi connectivity index (χ4v) is 3.98. The van der Waals surface area contributed by atoms with Gasteiger partial charge in [0.2, 0.25) is 5.91 Å². The van der Waals surface area contributed by atoms with E-state index in [4.69, 9.17) is 0 Å². The summed E-state index contributed by atoms with van der Waals surface area (Å²) in [5.41, 5.74) is -0.849. The van der Waals surface area contributed by atoms with Gasteiger partial charge in [-0.15, -0.1) is 0 Å². The highest BCUT2D eigenvalue weighted by atomic mass is 16.2. The van der Waals surface area contributed by atoms with Crippen LogP contribution in [0.25, 0.3) is 0 Å². The molecule has 0 aliphatic carbocycles. The van der Waals surface area contributed by atoms with Gasteiger partial charge in [0.1, 0.15) is 5.54 Å². The van der Waals surface area contributed by atoms with Crippen LogP contribution in [0.15, 0.2) is 0 Å². The molecule has 0 unspecified atom stereocenters. The van der Waals surface area contributed by atoms with E-state index in [0.29, 0.717) is 6.54 Å². The van der Waals surface area contributed by atoms with E-state index in [9.17, 15) is 14.4 Å². The summed E-state index contributed by atoms with van der Waals surface area (Å²) in [6.45, 7) is 4.17. The van der Waals surface area contributed by atoms with E-state index >= 15 is 0 Å². The summed E-state index contributed by atoms with van der Waals surface area (Å²) in [6, 6.07) is -0.400. The summed E-state index contributed by atoms with van der Waals surface area (Å²) in [4.78, 5) is 41.6. The molecule has 3 fully saturated rings. The Morgan fingerprint density at radius 1 is 1.14 bits per heavy atom. The zero-order valence-electron chi connectivity index (χ0n) is 13.5. The predicted molar refractivity (Wildman–Crippen MR) is 80.0 cm³/mol. The Kier molecular flexibility index (Phi) is 3.63. The van der Waals surface area contributed by atoms with Crippen LogP contribution in [0.3, 0.4) is 0 Å². The minimum absolute atomic E-state index is 0.0429. The van der Waals surface area contributed by atoms with E-state index in [2.05, 4.69) is 10.2 Å². The van der Waals surface area contributed by atoms with Crippen LogP contribution in [0.2, 0.25) is 0 Å². The van der Waals surface area contributed by atoms with Crippen LogP contribution in [-0.2, 0) is 9.59 Å². The molecule has 0 radical (unpaired) electrons. The topological polar surface area (TPSA) is 73.0 Å². The number of likely N-dealkylation sites (tertiary alicyclic amines) is 2. The third kappa shape index (κ3) is 2.18. The largest absolute Gasteiger partial charge is 0.344 e. The Hall–Kier alpha value is -1.63. The van der Waals surface area contributed by atoms with Crippen LogP contribution in [0.1, 0.15) is 26.2 Å². The number of piperidine rings is 1. The van der Waals surface area contributed by atoms with Gasteiger partial charge in [0, 0.05) is 33.1 Å². The number of hydrogen-bond acceptors (Lipinski definition) is 4. The number of nitrogens with zero attached hydrogens (tertiary/aromatic N) is 3. The average Bonchev–Trinajstić information content (AvgIpc) is 2.94. The van der Waals surface area contributed by atoms with Crippen LogP contribution in [0, 0.1) is 5.92 Å². The molecule has 122 valence electrons. The van der Waals surface area contributed by atoms with Crippen molar-refractivity contribution in [1.82, 2.24) is 20.0 Å². The van der Waals surface area contributed by atoms with Gasteiger partial charge in [-0.05, 0) is 32.7 Å². The van der Waals surface area contributed by atoms with E-state index in [0.717, 1.165) is 37.3 Å². The molecular formula is C15H24N4O3. The van der Waals surface area contributed by atoms with Crippen molar-refractivity contribution in [2.75, 3.05) is 33.7 Å². The maximum absolute atomic E-state index is 12.4. The second-order valence-corrected chi connectivity index (χ2v) is 6.90. The number of carbonyl (C=O) groups is 3. The molecule has 0 aromatic carbocycles. The van der Waals surface area contributed by atoms with Gasteiger partial charge in [-0.1, -0.05) is 0 Å². The van der Waals surface area contributed by atoms with E-state index < -0.39 is 5.54 Å². The molecule has 0 aromatic rings. The molecule has 7 nitrogen and oxygen atoms in total. The van der Waals surface area contributed by atoms with Crippen molar-refractivity contribution < 1.29 is 14.4 Å². The molecule has 0 spiro atoms. The van der Waals surface area contributed by atoms with E-state index in [1.807, 2.05) is 14.0 Å². The van der Waals surface area contributed by atoms with Crippen molar-refractivity contribution in [2.45, 2.75) is 37.8 Å². The fourth-order valence-electron chi connectivity index (χ4n) is 3.98. The number of carbonyl (C=O) groups excluding carboxylic acids is 3. The van der Waals surface area contributed by atoms with Crippen molar-refractivity contribution >= 4 is 17.8 Å². The van der Waals surface area contributed by atoms with Crippen molar-refractivity contribution in [2.24, 2.45) is 5.92 Å². The smallest absolute Gasteiger partial charge is 0.324 e. The van der Waals surface area contributed by atoms with Crippen molar-refractivity contribution in [3.05, 3.63) is 0 Å². The van der Waals surface area contributed by atoms with Crippen LogP contribution in [-0.4, -0.2) is 77.9 Å². The van der Waals surface area contributed by atoms with Gasteiger partial charge in [-0.2, -0.15) is 0 Å². The Balaban J connectivity index is 1.75. The first-order valence-electron chi connectivity index (χ1n) is 7.94. The summed E-state index contributed by atoms with van der Waals surface area (Å²) in [7, 11) is 3.35. The first-order valence-corrected chi connectivity index (χ1v) is 7.94. The third-order valence-corrected chi connectivity index (χ3v) is 5.53. The Morgan fingerprint density at radius 2 is 1.86 bits per heavy atom. The number of hydrogen-bond donors (Lipinski definition) is 1. The van der Waals surface area contributed by atoms with Crippen LogP contribution in [0.4, 0.5) is 4.79 Å². The minimum atomic E-state index is -0.849. The second kappa shape index (κ2) is 5.22. The zero-order valence-corrected chi connectivity index (χ0v) is 13.5. The maximum atomic E-state index is 12.4. The maximum Gasteiger partial charge on any atom is 0.324 e. The van der Waals surface area contributed by atoms with Crippen LogP contribution >= 0.6 is 0 Å². The lowest BCUT2D eigenvalue weighted by Crippen LogP contribution is -2.57. The van der Waals surface area contributed by atoms with Gasteiger partial charge in [0.15, 0.2) is 0 Å². The lowest BCUT2D eigenvalue weighted by Gasteiger charge is -2.41. The van der Waals surface area contributed by atoms with Crippen molar-refractivity contribution in [1.29, 1.82) is 0 Å². The average molecular weight is 308 g/mol. The number of likely N-dealkylation sites (N-methyl/N-ethyl adjacent to an activating group) is 2. The predicted octanol–water partition coefficient (Wildman–Crippen LogP) is -0.131. The second-order valence-electron chi connectivity index (χ2n) is 6.90. The fraction of sp³-hybridized carbons (Fsp3) is 0.800. The highest BCUT2D eigenvalue weighted by Crippen LogP contribution is 2.33. The Labute approximate surface area is 130 Å². The SMILES string of the molecule is CN1CC[C@H](N2CCC[C@@H]([C@@]3(C)NC(=O)N(C)C3=O)C2)C1=O. The molecule has 0 saturated carbocycles. The van der Waals surface area contributed by atoms with Gasteiger partial charge >= 0.3 is 6.03 Å². The van der Waals surface area contributed by atoms with Gasteiger partial charge in [0.05, 0.1) is 6.04 Å². The lowest BCUT2D eigenvalue weighted by molar-refractivity contribution is -0.134. The van der Waals surface area contributed by atoms with Crippen LogP contribution in [0.5, 0.6) is 0 Å². The molecule has 22 heavy (non-hydrogen) atoms. The first kappa shape index (κ1) is 15.3. The molecule has 3 heterocycles. The van der Waals surface area contributed by atoms with Crippen molar-refractivity contribution in [3.8, 4) is 0 Å². The van der Waals surface area contributed by atoms with Crippen LogP contribution < -0.4 is 5.32 Å². The number of imide groups is 1. The third-order valence-electron chi connectivity index (χ3n) is 5.53. The number of urea groups is 1. The molecule has 7 heteroatoms. The molecule has 4 amide bonds. The molecule has 3 rings (SSSR count). The number of amides is 4. The molecule has 1 N–H and O–H groups in total. The highest BCUT2D eigenvalue weighted by molar-refractivity contribution is 6.06. The molecule has 3 aliphatic heterocycles. The van der Waals surface area contributed by atoms with E-state index in [1.54, 1.807) is 4.90 Å². The summed E-state index contributed by atoms with van der Waals surface area (Å²) in [5.74, 6) is 0.0466. The van der Waals surface area contributed by atoms with Gasteiger partial charge < -0.3 is 10.2 Å². The lowest BCUT2D eigenvalue weighted by atomic mass is 9.79. The molecule has 3 atom stereocenters. The number of rotatable bonds is 2. The first-order chi connectivity index (χ1) is 10.3. The molecule has 0 aromatic heterocycles. The summed E-state index contributed by atoms with van der Waals surface area (Å²) < 4.78 is 0. The molecule has 3 aliphatic rings. The van der Waals surface area contributed by atoms with Gasteiger partial charge in [-0.3, -0.25) is 19.4 Å². The van der Waals surface area contributed by atoms with E-state index in [-0.39, 0.29) is 29.8 Å². The quantitative estimate of drug-likeness (QED) is 0.721. The Morgan fingerprint density at radius 3 is 2.41 bits per heavy atom. The normalized spacial score (nSPS) is 37.1.